The standard InChI is InChI=1S/C18H18ClN3O3S/c1-10(11-3-4-11)22-9-14-5-12(13-7-16(19)21-20-8-13)6-15(26(2,24)25)17(14)18(22)23/h5-8,10-11H,3-4,9H2,1-2H3. The van der Waals surface area contributed by atoms with Crippen LogP contribution in [0.15, 0.2) is 29.3 Å². The van der Waals surface area contributed by atoms with Crippen molar-refractivity contribution in [2.75, 3.05) is 6.26 Å². The summed E-state index contributed by atoms with van der Waals surface area (Å²) in [5, 5.41) is 7.77. The van der Waals surface area contributed by atoms with Crippen molar-refractivity contribution in [2.24, 2.45) is 5.92 Å². The van der Waals surface area contributed by atoms with Gasteiger partial charge in [0.2, 0.25) is 0 Å². The Morgan fingerprint density at radius 3 is 2.58 bits per heavy atom. The number of amides is 1. The van der Waals surface area contributed by atoms with Gasteiger partial charge in [-0.15, -0.1) is 5.10 Å². The highest BCUT2D eigenvalue weighted by Crippen LogP contribution is 2.40. The van der Waals surface area contributed by atoms with E-state index in [1.54, 1.807) is 11.0 Å². The normalized spacial score (nSPS) is 18.1. The molecule has 0 spiro atoms. The van der Waals surface area contributed by atoms with Crippen LogP contribution in [0.25, 0.3) is 11.1 Å². The second-order valence-electron chi connectivity index (χ2n) is 7.06. The minimum absolute atomic E-state index is 0.0634. The zero-order chi connectivity index (χ0) is 18.6. The van der Waals surface area contributed by atoms with E-state index in [-0.39, 0.29) is 22.0 Å². The molecule has 8 heteroatoms. The number of aromatic nitrogens is 2. The Bertz CT molecular complexity index is 1020. The fraction of sp³-hybridized carbons (Fsp3) is 0.389. The van der Waals surface area contributed by atoms with Gasteiger partial charge in [0.1, 0.15) is 0 Å². The van der Waals surface area contributed by atoms with Gasteiger partial charge in [-0.2, -0.15) is 5.10 Å². The smallest absolute Gasteiger partial charge is 0.256 e. The number of hydrogen-bond acceptors (Lipinski definition) is 5. The maximum Gasteiger partial charge on any atom is 0.256 e. The summed E-state index contributed by atoms with van der Waals surface area (Å²) in [6.45, 7) is 2.46. The topological polar surface area (TPSA) is 80.2 Å². The van der Waals surface area contributed by atoms with Crippen molar-refractivity contribution < 1.29 is 13.2 Å². The predicted octanol–water partition coefficient (Wildman–Crippen LogP) is 2.95. The van der Waals surface area contributed by atoms with Gasteiger partial charge in [-0.25, -0.2) is 8.42 Å². The van der Waals surface area contributed by atoms with Crippen molar-refractivity contribution in [3.8, 4) is 11.1 Å². The number of sulfone groups is 1. The summed E-state index contributed by atoms with van der Waals surface area (Å²) in [6, 6.07) is 5.13. The van der Waals surface area contributed by atoms with Crippen LogP contribution in [0.1, 0.15) is 35.7 Å². The lowest BCUT2D eigenvalue weighted by molar-refractivity contribution is 0.0694. The minimum atomic E-state index is -3.57. The summed E-state index contributed by atoms with van der Waals surface area (Å²) in [5.41, 5.74) is 2.36. The van der Waals surface area contributed by atoms with E-state index in [1.807, 2.05) is 13.0 Å². The van der Waals surface area contributed by atoms with Gasteiger partial charge in [0.05, 0.1) is 16.7 Å². The number of rotatable bonds is 4. The molecular formula is C18H18ClN3O3S. The monoisotopic (exact) mass is 391 g/mol. The van der Waals surface area contributed by atoms with E-state index < -0.39 is 9.84 Å². The summed E-state index contributed by atoms with van der Waals surface area (Å²) in [5.74, 6) is 0.315. The molecule has 0 radical (unpaired) electrons. The number of halogens is 1. The Balaban J connectivity index is 1.86. The average Bonchev–Trinajstić information content (AvgIpc) is 3.37. The predicted molar refractivity (Wildman–Crippen MR) is 97.6 cm³/mol. The van der Waals surface area contributed by atoms with Crippen LogP contribution >= 0.6 is 11.6 Å². The molecule has 1 aromatic heterocycles. The molecule has 1 aliphatic carbocycles. The summed E-state index contributed by atoms with van der Waals surface area (Å²) in [7, 11) is -3.57. The van der Waals surface area contributed by atoms with Crippen LogP contribution in [0.4, 0.5) is 0 Å². The molecule has 0 saturated heterocycles. The highest BCUT2D eigenvalue weighted by Gasteiger charge is 2.40. The molecular weight excluding hydrogens is 374 g/mol. The first-order valence-corrected chi connectivity index (χ1v) is 10.7. The maximum atomic E-state index is 13.0. The average molecular weight is 392 g/mol. The first-order chi connectivity index (χ1) is 12.3. The fourth-order valence-corrected chi connectivity index (χ4v) is 4.65. The lowest BCUT2D eigenvalue weighted by Crippen LogP contribution is -2.35. The van der Waals surface area contributed by atoms with E-state index in [0.717, 1.165) is 24.7 Å². The molecule has 1 saturated carbocycles. The van der Waals surface area contributed by atoms with E-state index in [9.17, 15) is 13.2 Å². The van der Waals surface area contributed by atoms with Crippen molar-refractivity contribution in [1.82, 2.24) is 15.1 Å². The summed E-state index contributed by atoms with van der Waals surface area (Å²) in [6.07, 6.45) is 4.89. The quantitative estimate of drug-likeness (QED) is 0.800. The number of carbonyl (C=O) groups is 1. The van der Waals surface area contributed by atoms with Crippen LogP contribution in [-0.4, -0.2) is 41.7 Å². The van der Waals surface area contributed by atoms with Crippen LogP contribution in [0.5, 0.6) is 0 Å². The van der Waals surface area contributed by atoms with E-state index in [0.29, 0.717) is 29.2 Å². The molecule has 2 aromatic rings. The Morgan fingerprint density at radius 1 is 1.23 bits per heavy atom. The van der Waals surface area contributed by atoms with Crippen molar-refractivity contribution >= 4 is 27.3 Å². The van der Waals surface area contributed by atoms with Crippen molar-refractivity contribution in [3.63, 3.8) is 0 Å². The second-order valence-corrected chi connectivity index (χ2v) is 9.43. The Hall–Kier alpha value is -1.99. The van der Waals surface area contributed by atoms with Crippen LogP contribution in [0.2, 0.25) is 5.15 Å². The number of nitrogens with zero attached hydrogens (tertiary/aromatic N) is 3. The molecule has 1 unspecified atom stereocenters. The van der Waals surface area contributed by atoms with Gasteiger partial charge in [0, 0.05) is 24.4 Å². The SMILES string of the molecule is CC(C1CC1)N1Cc2cc(-c3cnnc(Cl)c3)cc(S(C)(=O)=O)c2C1=O. The van der Waals surface area contributed by atoms with Crippen molar-refractivity contribution in [3.05, 3.63) is 40.7 Å². The van der Waals surface area contributed by atoms with Gasteiger partial charge in [0.15, 0.2) is 15.0 Å². The maximum absolute atomic E-state index is 13.0. The van der Waals surface area contributed by atoms with Crippen LogP contribution in [0.3, 0.4) is 0 Å². The molecule has 1 amide bonds. The Labute approximate surface area is 157 Å². The number of carbonyl (C=O) groups excluding carboxylic acids is 1. The third-order valence-electron chi connectivity index (χ3n) is 5.15. The Kier molecular flexibility index (Phi) is 4.04. The van der Waals surface area contributed by atoms with Gasteiger partial charge in [-0.1, -0.05) is 11.6 Å². The largest absolute Gasteiger partial charge is 0.331 e. The van der Waals surface area contributed by atoms with E-state index >= 15 is 0 Å². The van der Waals surface area contributed by atoms with E-state index in [4.69, 9.17) is 11.6 Å². The molecule has 2 aliphatic rings. The number of benzene rings is 1. The third-order valence-corrected chi connectivity index (χ3v) is 6.46. The van der Waals surface area contributed by atoms with Crippen LogP contribution < -0.4 is 0 Å². The Morgan fingerprint density at radius 2 is 1.96 bits per heavy atom. The lowest BCUT2D eigenvalue weighted by atomic mass is 10.0. The third kappa shape index (κ3) is 2.99. The zero-order valence-electron chi connectivity index (χ0n) is 14.4. The molecule has 1 fully saturated rings. The molecule has 4 rings (SSSR count). The molecule has 1 atom stereocenters. The van der Waals surface area contributed by atoms with Gasteiger partial charge in [-0.3, -0.25) is 4.79 Å². The van der Waals surface area contributed by atoms with E-state index in [1.165, 1.54) is 12.3 Å². The summed E-state index contributed by atoms with van der Waals surface area (Å²) in [4.78, 5) is 14.8. The molecule has 0 N–H and O–H groups in total. The fourth-order valence-electron chi connectivity index (χ4n) is 3.56. The summed E-state index contributed by atoms with van der Waals surface area (Å²) >= 11 is 5.92. The molecule has 2 heterocycles. The highest BCUT2D eigenvalue weighted by molar-refractivity contribution is 7.90. The van der Waals surface area contributed by atoms with Gasteiger partial charge in [0.25, 0.3) is 5.91 Å². The lowest BCUT2D eigenvalue weighted by Gasteiger charge is -2.24. The number of fused-ring (bicyclic) bond motifs is 1. The molecule has 6 nitrogen and oxygen atoms in total. The van der Waals surface area contributed by atoms with Crippen molar-refractivity contribution in [1.29, 1.82) is 0 Å². The highest BCUT2D eigenvalue weighted by atomic mass is 35.5. The molecule has 0 bridgehead atoms. The van der Waals surface area contributed by atoms with Crippen LogP contribution in [0, 0.1) is 5.92 Å². The van der Waals surface area contributed by atoms with Gasteiger partial charge < -0.3 is 4.90 Å². The van der Waals surface area contributed by atoms with E-state index in [2.05, 4.69) is 10.2 Å². The van der Waals surface area contributed by atoms with Gasteiger partial charge in [-0.05, 0) is 55.0 Å². The zero-order valence-corrected chi connectivity index (χ0v) is 16.0. The molecule has 1 aromatic carbocycles. The van der Waals surface area contributed by atoms with Crippen LogP contribution in [-0.2, 0) is 16.4 Å². The first-order valence-electron chi connectivity index (χ1n) is 8.42. The summed E-state index contributed by atoms with van der Waals surface area (Å²) < 4.78 is 24.8. The molecule has 26 heavy (non-hydrogen) atoms. The number of hydrogen-bond donors (Lipinski definition) is 0. The molecule has 136 valence electrons. The minimum Gasteiger partial charge on any atom is -0.331 e. The van der Waals surface area contributed by atoms with Crippen molar-refractivity contribution in [2.45, 2.75) is 37.2 Å². The first kappa shape index (κ1) is 17.4. The van der Waals surface area contributed by atoms with Gasteiger partial charge >= 0.3 is 0 Å². The molecule has 1 aliphatic heterocycles. The second kappa shape index (κ2) is 6.03.